The van der Waals surface area contributed by atoms with Gasteiger partial charge in [0.05, 0.1) is 9.90 Å². The first-order valence-electron chi connectivity index (χ1n) is 5.15. The highest BCUT2D eigenvalue weighted by molar-refractivity contribution is 7.14. The van der Waals surface area contributed by atoms with E-state index in [1.165, 1.54) is 0 Å². The predicted octanol–water partition coefficient (Wildman–Crippen LogP) is 3.61. The smallest absolute Gasteiger partial charge is 0.139 e. The van der Waals surface area contributed by atoms with Crippen molar-refractivity contribution in [3.05, 3.63) is 40.4 Å². The van der Waals surface area contributed by atoms with Crippen molar-refractivity contribution in [2.45, 2.75) is 6.92 Å². The highest BCUT2D eigenvalue weighted by Crippen LogP contribution is 2.33. The van der Waals surface area contributed by atoms with Crippen LogP contribution in [0.1, 0.15) is 5.69 Å². The summed E-state index contributed by atoms with van der Waals surface area (Å²) in [5.41, 5.74) is 8.88. The Morgan fingerprint density at radius 1 is 1.41 bits per heavy atom. The second-order valence-electron chi connectivity index (χ2n) is 3.84. The molecule has 0 bridgehead atoms. The maximum Gasteiger partial charge on any atom is 0.139 e. The van der Waals surface area contributed by atoms with Gasteiger partial charge in [-0.15, -0.1) is 11.3 Å². The van der Waals surface area contributed by atoms with Crippen LogP contribution in [0.5, 0.6) is 0 Å². The third-order valence-corrected chi connectivity index (χ3v) is 3.96. The number of fused-ring (bicyclic) bond motifs is 1. The molecule has 0 aliphatic heterocycles. The molecule has 17 heavy (non-hydrogen) atoms. The summed E-state index contributed by atoms with van der Waals surface area (Å²) in [4.78, 5) is 5.54. The number of pyridine rings is 1. The van der Waals surface area contributed by atoms with Crippen molar-refractivity contribution in [1.82, 2.24) is 9.38 Å². The second kappa shape index (κ2) is 3.75. The predicted molar refractivity (Wildman–Crippen MR) is 72.7 cm³/mol. The molecule has 3 nitrogen and oxygen atoms in total. The molecule has 2 N–H and O–H groups in total. The van der Waals surface area contributed by atoms with Crippen LogP contribution in [0.15, 0.2) is 29.6 Å². The number of rotatable bonds is 1. The van der Waals surface area contributed by atoms with E-state index in [9.17, 15) is 0 Å². The molecule has 3 heterocycles. The van der Waals surface area contributed by atoms with E-state index in [-0.39, 0.29) is 0 Å². The van der Waals surface area contributed by atoms with Gasteiger partial charge in [-0.05, 0) is 25.1 Å². The molecular formula is C12H10ClN3S. The molecule has 0 radical (unpaired) electrons. The number of aryl methyl sites for hydroxylation is 1. The maximum absolute atomic E-state index is 6.15. The molecule has 0 saturated carbocycles. The number of hydrogen-bond donors (Lipinski definition) is 1. The highest BCUT2D eigenvalue weighted by atomic mass is 35.5. The maximum atomic E-state index is 6.15. The zero-order valence-electron chi connectivity index (χ0n) is 9.14. The topological polar surface area (TPSA) is 43.3 Å². The van der Waals surface area contributed by atoms with Crippen LogP contribution in [-0.2, 0) is 0 Å². The van der Waals surface area contributed by atoms with E-state index in [0.29, 0.717) is 5.82 Å². The zero-order valence-corrected chi connectivity index (χ0v) is 10.7. The quantitative estimate of drug-likeness (QED) is 0.729. The van der Waals surface area contributed by atoms with Crippen LogP contribution in [0.25, 0.3) is 16.2 Å². The summed E-state index contributed by atoms with van der Waals surface area (Å²) in [7, 11) is 0. The summed E-state index contributed by atoms with van der Waals surface area (Å²) < 4.78 is 1.95. The lowest BCUT2D eigenvalue weighted by Crippen LogP contribution is -1.96. The molecule has 0 spiro atoms. The Morgan fingerprint density at radius 2 is 2.24 bits per heavy atom. The van der Waals surface area contributed by atoms with Crippen molar-refractivity contribution in [3.8, 4) is 10.6 Å². The number of halogens is 1. The van der Waals surface area contributed by atoms with Crippen LogP contribution >= 0.6 is 22.9 Å². The van der Waals surface area contributed by atoms with Gasteiger partial charge in [0, 0.05) is 11.1 Å². The molecule has 0 aromatic carbocycles. The molecule has 5 heteroatoms. The minimum Gasteiger partial charge on any atom is -0.383 e. The van der Waals surface area contributed by atoms with Crippen molar-refractivity contribution in [1.29, 1.82) is 0 Å². The minimum atomic E-state index is 0.664. The number of nitrogen functional groups attached to an aromatic ring is 1. The van der Waals surface area contributed by atoms with Gasteiger partial charge in [-0.2, -0.15) is 0 Å². The number of anilines is 1. The van der Waals surface area contributed by atoms with Gasteiger partial charge in [-0.25, -0.2) is 4.98 Å². The Bertz CT molecular complexity index is 699. The van der Waals surface area contributed by atoms with Gasteiger partial charge >= 0.3 is 0 Å². The fourth-order valence-corrected chi connectivity index (χ4v) is 2.97. The summed E-state index contributed by atoms with van der Waals surface area (Å²) in [6.45, 7) is 2.01. The zero-order chi connectivity index (χ0) is 12.0. The van der Waals surface area contributed by atoms with Crippen LogP contribution in [-0.4, -0.2) is 9.38 Å². The monoisotopic (exact) mass is 263 g/mol. The third kappa shape index (κ3) is 1.61. The largest absolute Gasteiger partial charge is 0.383 e. The molecule has 0 atom stereocenters. The Morgan fingerprint density at radius 3 is 2.88 bits per heavy atom. The van der Waals surface area contributed by atoms with E-state index in [4.69, 9.17) is 17.3 Å². The molecule has 0 aliphatic carbocycles. The molecule has 0 aliphatic rings. The molecular weight excluding hydrogens is 254 g/mol. The van der Waals surface area contributed by atoms with Crippen molar-refractivity contribution in [3.63, 3.8) is 0 Å². The van der Waals surface area contributed by atoms with Crippen LogP contribution in [0.2, 0.25) is 5.02 Å². The summed E-state index contributed by atoms with van der Waals surface area (Å²) in [5.74, 6) is 0.664. The van der Waals surface area contributed by atoms with E-state index >= 15 is 0 Å². The van der Waals surface area contributed by atoms with Crippen LogP contribution in [0.3, 0.4) is 0 Å². The number of thiophene rings is 1. The van der Waals surface area contributed by atoms with Gasteiger partial charge in [-0.1, -0.05) is 17.7 Å². The van der Waals surface area contributed by atoms with Gasteiger partial charge in [0.2, 0.25) is 0 Å². The number of nitrogens with two attached hydrogens (primary N) is 1. The van der Waals surface area contributed by atoms with E-state index in [1.54, 1.807) is 11.3 Å². The number of aromatic nitrogens is 2. The summed E-state index contributed by atoms with van der Waals surface area (Å²) in [6, 6.07) is 7.82. The molecule has 0 unspecified atom stereocenters. The van der Waals surface area contributed by atoms with E-state index in [1.807, 2.05) is 41.0 Å². The third-order valence-electron chi connectivity index (χ3n) is 2.68. The van der Waals surface area contributed by atoms with Gasteiger partial charge in [-0.3, -0.25) is 4.40 Å². The molecule has 0 fully saturated rings. The first-order chi connectivity index (χ1) is 8.16. The second-order valence-corrected chi connectivity index (χ2v) is 5.18. The Hall–Kier alpha value is -1.52. The van der Waals surface area contributed by atoms with Gasteiger partial charge in [0.1, 0.15) is 17.2 Å². The highest BCUT2D eigenvalue weighted by Gasteiger charge is 2.13. The average molecular weight is 264 g/mol. The molecule has 3 rings (SSSR count). The number of imidazole rings is 1. The summed E-state index contributed by atoms with van der Waals surface area (Å²) in [6.07, 6.45) is 0. The van der Waals surface area contributed by atoms with Crippen molar-refractivity contribution in [2.75, 3.05) is 5.73 Å². The fraction of sp³-hybridized carbons (Fsp3) is 0.0833. The summed E-state index contributed by atoms with van der Waals surface area (Å²) in [5, 5.41) is 2.60. The van der Waals surface area contributed by atoms with Crippen LogP contribution in [0.4, 0.5) is 5.82 Å². The fourth-order valence-electron chi connectivity index (χ4n) is 1.90. The molecule has 0 saturated heterocycles. The lowest BCUT2D eigenvalue weighted by atomic mass is 10.3. The normalized spacial score (nSPS) is 11.2. The standard InChI is InChI=1S/C12H10ClN3S/c1-7-3-2-4-10-15-11(12(14)16(7)10)9-5-8(13)6-17-9/h2-6H,14H2,1H3. The lowest BCUT2D eigenvalue weighted by molar-refractivity contribution is 1.10. The SMILES string of the molecule is Cc1cccc2nc(-c3cc(Cl)cs3)c(N)n12. The first-order valence-corrected chi connectivity index (χ1v) is 6.40. The average Bonchev–Trinajstić information content (AvgIpc) is 2.84. The van der Waals surface area contributed by atoms with E-state index in [0.717, 1.165) is 26.9 Å². The van der Waals surface area contributed by atoms with Gasteiger partial charge in [0.25, 0.3) is 0 Å². The van der Waals surface area contributed by atoms with E-state index < -0.39 is 0 Å². The summed E-state index contributed by atoms with van der Waals surface area (Å²) >= 11 is 7.48. The Kier molecular flexibility index (Phi) is 2.34. The molecule has 3 aromatic rings. The van der Waals surface area contributed by atoms with Gasteiger partial charge in [0.15, 0.2) is 0 Å². The van der Waals surface area contributed by atoms with Crippen molar-refractivity contribution in [2.24, 2.45) is 0 Å². The van der Waals surface area contributed by atoms with Crippen molar-refractivity contribution >= 4 is 34.4 Å². The molecule has 0 amide bonds. The van der Waals surface area contributed by atoms with Crippen molar-refractivity contribution < 1.29 is 0 Å². The van der Waals surface area contributed by atoms with Crippen LogP contribution < -0.4 is 5.73 Å². The molecule has 3 aromatic heterocycles. The van der Waals surface area contributed by atoms with Crippen LogP contribution in [0, 0.1) is 6.92 Å². The lowest BCUT2D eigenvalue weighted by Gasteiger charge is -2.00. The number of hydrogen-bond acceptors (Lipinski definition) is 3. The minimum absolute atomic E-state index is 0.664. The number of nitrogens with zero attached hydrogens (tertiary/aromatic N) is 2. The van der Waals surface area contributed by atoms with Gasteiger partial charge < -0.3 is 5.73 Å². The Labute approximate surface area is 107 Å². The first kappa shape index (κ1) is 10.6. The molecule has 86 valence electrons. The van der Waals surface area contributed by atoms with E-state index in [2.05, 4.69) is 4.98 Å². The Balaban J connectivity index is 2.32.